The number of benzene rings is 2. The van der Waals surface area contributed by atoms with Gasteiger partial charge in [-0.2, -0.15) is 0 Å². The van der Waals surface area contributed by atoms with Gasteiger partial charge in [0.05, 0.1) is 10.6 Å². The summed E-state index contributed by atoms with van der Waals surface area (Å²) >= 11 is 0. The van der Waals surface area contributed by atoms with E-state index in [9.17, 15) is 13.2 Å². The Bertz CT molecular complexity index is 1020. The van der Waals surface area contributed by atoms with Crippen LogP contribution in [0.15, 0.2) is 78.0 Å². The smallest absolute Gasteiger partial charge is 0.251 e. The average molecular weight is 366 g/mol. The van der Waals surface area contributed by atoms with Crippen LogP contribution < -0.4 is 5.32 Å². The van der Waals surface area contributed by atoms with Gasteiger partial charge in [-0.05, 0) is 41.0 Å². The van der Waals surface area contributed by atoms with Gasteiger partial charge in [0.15, 0.2) is 9.84 Å². The summed E-state index contributed by atoms with van der Waals surface area (Å²) in [5.41, 5.74) is 2.41. The molecule has 0 bridgehead atoms. The second kappa shape index (κ2) is 7.49. The van der Waals surface area contributed by atoms with Gasteiger partial charge in [0.25, 0.3) is 5.91 Å². The predicted octanol–water partition coefficient (Wildman–Crippen LogP) is 3.08. The summed E-state index contributed by atoms with van der Waals surface area (Å²) in [6.45, 7) is 0. The van der Waals surface area contributed by atoms with E-state index in [4.69, 9.17) is 0 Å². The minimum absolute atomic E-state index is 0.144. The van der Waals surface area contributed by atoms with Crippen LogP contribution in [0, 0.1) is 0 Å². The minimum Gasteiger partial charge on any atom is -0.355 e. The minimum atomic E-state index is -3.56. The summed E-state index contributed by atoms with van der Waals surface area (Å²) in [6.07, 6.45) is 3.14. The Morgan fingerprint density at radius 3 is 2.46 bits per heavy atom. The summed E-state index contributed by atoms with van der Waals surface area (Å²) < 4.78 is 25.6. The molecular formula is C20H18N2O3S. The summed E-state index contributed by atoms with van der Waals surface area (Å²) in [7, 11) is -2.02. The maximum absolute atomic E-state index is 12.8. The molecule has 0 fully saturated rings. The van der Waals surface area contributed by atoms with E-state index in [1.54, 1.807) is 37.5 Å². The van der Waals surface area contributed by atoms with Crippen molar-refractivity contribution in [2.24, 2.45) is 0 Å². The molecule has 5 nitrogen and oxygen atoms in total. The third kappa shape index (κ3) is 3.81. The van der Waals surface area contributed by atoms with Gasteiger partial charge in [0.1, 0.15) is 0 Å². The number of rotatable bonds is 5. The van der Waals surface area contributed by atoms with Crippen LogP contribution in [0.5, 0.6) is 0 Å². The number of carbonyl (C=O) groups is 1. The molecule has 0 aliphatic rings. The first-order chi connectivity index (χ1) is 12.5. The molecule has 3 aromatic rings. The lowest BCUT2D eigenvalue weighted by Crippen LogP contribution is -2.19. The fourth-order valence-corrected chi connectivity index (χ4v) is 4.04. The molecule has 132 valence electrons. The number of sulfone groups is 1. The predicted molar refractivity (Wildman–Crippen MR) is 100 cm³/mol. The first-order valence-corrected chi connectivity index (χ1v) is 9.70. The Labute approximate surface area is 152 Å². The van der Waals surface area contributed by atoms with E-state index >= 15 is 0 Å². The third-order valence-corrected chi connectivity index (χ3v) is 5.67. The van der Waals surface area contributed by atoms with E-state index in [1.165, 1.54) is 12.3 Å². The highest BCUT2D eigenvalue weighted by atomic mass is 32.2. The number of hydrogen-bond donors (Lipinski definition) is 1. The number of aromatic nitrogens is 1. The second-order valence-corrected chi connectivity index (χ2v) is 7.76. The quantitative estimate of drug-likeness (QED) is 0.753. The van der Waals surface area contributed by atoms with Crippen LogP contribution in [-0.2, 0) is 15.6 Å². The van der Waals surface area contributed by atoms with Crippen molar-refractivity contribution in [2.75, 3.05) is 7.05 Å². The number of hydrogen-bond acceptors (Lipinski definition) is 4. The summed E-state index contributed by atoms with van der Waals surface area (Å²) in [5, 5.41) is 2.59. The van der Waals surface area contributed by atoms with Crippen molar-refractivity contribution in [1.82, 2.24) is 10.3 Å². The highest BCUT2D eigenvalue weighted by Gasteiger charge is 2.20. The zero-order chi connectivity index (χ0) is 18.6. The van der Waals surface area contributed by atoms with Gasteiger partial charge in [-0.3, -0.25) is 9.78 Å². The van der Waals surface area contributed by atoms with Crippen LogP contribution in [0.4, 0.5) is 0 Å². The number of nitrogens with zero attached hydrogens (tertiary/aromatic N) is 1. The van der Waals surface area contributed by atoms with E-state index in [0.29, 0.717) is 16.7 Å². The van der Waals surface area contributed by atoms with E-state index in [-0.39, 0.29) is 16.6 Å². The van der Waals surface area contributed by atoms with Gasteiger partial charge in [0.2, 0.25) is 0 Å². The van der Waals surface area contributed by atoms with E-state index in [2.05, 4.69) is 10.3 Å². The first-order valence-electron chi connectivity index (χ1n) is 8.04. The lowest BCUT2D eigenvalue weighted by Gasteiger charge is -2.12. The molecule has 2 aromatic carbocycles. The Kier molecular flexibility index (Phi) is 5.14. The molecule has 1 aromatic heterocycles. The molecule has 0 unspecified atom stereocenters. The van der Waals surface area contributed by atoms with Gasteiger partial charge >= 0.3 is 0 Å². The van der Waals surface area contributed by atoms with Crippen molar-refractivity contribution < 1.29 is 13.2 Å². The third-order valence-electron chi connectivity index (χ3n) is 3.99. The molecule has 1 amide bonds. The van der Waals surface area contributed by atoms with Crippen LogP contribution in [0.25, 0.3) is 11.1 Å². The van der Waals surface area contributed by atoms with Crippen LogP contribution >= 0.6 is 0 Å². The van der Waals surface area contributed by atoms with Crippen LogP contribution in [0.3, 0.4) is 0 Å². The van der Waals surface area contributed by atoms with Crippen molar-refractivity contribution in [1.29, 1.82) is 0 Å². The maximum atomic E-state index is 12.8. The molecule has 0 radical (unpaired) electrons. The van der Waals surface area contributed by atoms with Crippen molar-refractivity contribution in [2.45, 2.75) is 10.6 Å². The number of amides is 1. The van der Waals surface area contributed by atoms with E-state index in [1.807, 2.05) is 30.3 Å². The van der Waals surface area contributed by atoms with Gasteiger partial charge in [-0.1, -0.05) is 36.4 Å². The molecule has 0 aliphatic carbocycles. The van der Waals surface area contributed by atoms with Crippen molar-refractivity contribution in [3.8, 4) is 11.1 Å². The Morgan fingerprint density at radius 2 is 1.81 bits per heavy atom. The fraction of sp³-hybridized carbons (Fsp3) is 0.100. The Morgan fingerprint density at radius 1 is 1.04 bits per heavy atom. The lowest BCUT2D eigenvalue weighted by atomic mass is 9.99. The van der Waals surface area contributed by atoms with Gasteiger partial charge in [0, 0.05) is 25.0 Å². The maximum Gasteiger partial charge on any atom is 0.251 e. The molecule has 1 heterocycles. The zero-order valence-corrected chi connectivity index (χ0v) is 15.0. The number of pyridine rings is 1. The fourth-order valence-electron chi connectivity index (χ4n) is 2.69. The molecule has 0 spiro atoms. The van der Waals surface area contributed by atoms with Crippen LogP contribution in [-0.4, -0.2) is 26.4 Å². The number of nitrogens with one attached hydrogen (secondary N) is 1. The Balaban J connectivity index is 2.08. The second-order valence-electron chi connectivity index (χ2n) is 5.77. The van der Waals surface area contributed by atoms with Gasteiger partial charge in [-0.15, -0.1) is 0 Å². The molecule has 0 saturated heterocycles. The number of carbonyl (C=O) groups excluding carboxylic acids is 1. The monoisotopic (exact) mass is 366 g/mol. The summed E-state index contributed by atoms with van der Waals surface area (Å²) in [5.74, 6) is -0.408. The Hall–Kier alpha value is -2.99. The molecule has 3 rings (SSSR count). The topological polar surface area (TPSA) is 76.1 Å². The van der Waals surface area contributed by atoms with Gasteiger partial charge < -0.3 is 5.32 Å². The van der Waals surface area contributed by atoms with Crippen LogP contribution in [0.2, 0.25) is 0 Å². The van der Waals surface area contributed by atoms with Crippen LogP contribution in [0.1, 0.15) is 15.9 Å². The SMILES string of the molecule is CNC(=O)c1ccc(S(=O)(=O)Cc2cccnc2)cc1-c1ccccc1. The molecule has 0 atom stereocenters. The molecule has 6 heteroatoms. The highest BCUT2D eigenvalue weighted by molar-refractivity contribution is 7.90. The lowest BCUT2D eigenvalue weighted by molar-refractivity contribution is 0.0963. The molecular weight excluding hydrogens is 348 g/mol. The molecule has 1 N–H and O–H groups in total. The van der Waals surface area contributed by atoms with Crippen molar-refractivity contribution >= 4 is 15.7 Å². The van der Waals surface area contributed by atoms with Crippen molar-refractivity contribution in [3.63, 3.8) is 0 Å². The molecule has 0 saturated carbocycles. The molecule has 0 aliphatic heterocycles. The zero-order valence-electron chi connectivity index (χ0n) is 14.2. The average Bonchev–Trinajstić information content (AvgIpc) is 2.68. The highest BCUT2D eigenvalue weighted by Crippen LogP contribution is 2.28. The normalized spacial score (nSPS) is 11.1. The molecule has 26 heavy (non-hydrogen) atoms. The summed E-state index contributed by atoms with van der Waals surface area (Å²) in [4.78, 5) is 16.3. The van der Waals surface area contributed by atoms with E-state index in [0.717, 1.165) is 5.56 Å². The standard InChI is InChI=1S/C20H18N2O3S/c1-21-20(23)18-10-9-17(12-19(18)16-7-3-2-4-8-16)26(24,25)14-15-6-5-11-22-13-15/h2-13H,14H2,1H3,(H,21,23). The van der Waals surface area contributed by atoms with E-state index < -0.39 is 9.84 Å². The largest absolute Gasteiger partial charge is 0.355 e. The summed E-state index contributed by atoms with van der Waals surface area (Å²) in [6, 6.07) is 17.3. The van der Waals surface area contributed by atoms with Gasteiger partial charge in [-0.25, -0.2) is 8.42 Å². The van der Waals surface area contributed by atoms with Crippen molar-refractivity contribution in [3.05, 3.63) is 84.2 Å². The first kappa shape index (κ1) is 17.8.